The summed E-state index contributed by atoms with van der Waals surface area (Å²) >= 11 is 0. The molecule has 3 aromatic rings. The Morgan fingerprint density at radius 2 is 1.88 bits per heavy atom. The summed E-state index contributed by atoms with van der Waals surface area (Å²) in [6, 6.07) is 16.4. The van der Waals surface area contributed by atoms with Crippen LogP contribution in [-0.4, -0.2) is 22.3 Å². The molecule has 2 heterocycles. The molecule has 0 aliphatic carbocycles. The van der Waals surface area contributed by atoms with Crippen molar-refractivity contribution < 1.29 is 9.21 Å². The van der Waals surface area contributed by atoms with E-state index in [0.29, 0.717) is 24.5 Å². The first-order valence-electron chi connectivity index (χ1n) is 7.79. The number of hydrogen-bond acceptors (Lipinski definition) is 3. The maximum atomic E-state index is 12.6. The van der Waals surface area contributed by atoms with Gasteiger partial charge in [0.05, 0.1) is 12.8 Å². The quantitative estimate of drug-likeness (QED) is 0.784. The molecular weight excluding hydrogens is 304 g/mol. The molecule has 0 bridgehead atoms. The summed E-state index contributed by atoms with van der Waals surface area (Å²) in [6.07, 6.45) is 1.56. The molecule has 5 nitrogen and oxygen atoms in total. The molecule has 0 atom stereocenters. The standard InChI is InChI=1S/C19H18N2O3/c1-2-21(13-15-9-6-12-24-15)19(23)16-10-11-17(20-18(16)22)14-7-4-3-5-8-14/h3-12H,2,13H2,1H3,(H,20,22). The lowest BCUT2D eigenvalue weighted by Gasteiger charge is -2.19. The molecule has 1 amide bonds. The number of aromatic nitrogens is 1. The van der Waals surface area contributed by atoms with Crippen LogP contribution < -0.4 is 5.56 Å². The van der Waals surface area contributed by atoms with Crippen molar-refractivity contribution in [3.63, 3.8) is 0 Å². The Balaban J connectivity index is 1.86. The molecule has 0 unspecified atom stereocenters. The van der Waals surface area contributed by atoms with Gasteiger partial charge in [0.15, 0.2) is 0 Å². The highest BCUT2D eigenvalue weighted by molar-refractivity contribution is 5.94. The minimum atomic E-state index is -0.390. The molecule has 0 radical (unpaired) electrons. The number of nitrogens with one attached hydrogen (secondary N) is 1. The summed E-state index contributed by atoms with van der Waals surface area (Å²) in [5, 5.41) is 0. The Morgan fingerprint density at radius 3 is 2.50 bits per heavy atom. The van der Waals surface area contributed by atoms with Gasteiger partial charge in [0.25, 0.3) is 11.5 Å². The number of benzene rings is 1. The summed E-state index contributed by atoms with van der Waals surface area (Å²) in [7, 11) is 0. The zero-order valence-corrected chi connectivity index (χ0v) is 13.4. The van der Waals surface area contributed by atoms with Crippen molar-refractivity contribution in [2.45, 2.75) is 13.5 Å². The minimum absolute atomic E-state index is 0.128. The summed E-state index contributed by atoms with van der Waals surface area (Å²) < 4.78 is 5.28. The van der Waals surface area contributed by atoms with Crippen LogP contribution in [-0.2, 0) is 6.54 Å². The molecule has 0 aliphatic heterocycles. The molecule has 24 heavy (non-hydrogen) atoms. The Kier molecular flexibility index (Phi) is 4.61. The first-order chi connectivity index (χ1) is 11.7. The lowest BCUT2D eigenvalue weighted by atomic mass is 10.1. The first-order valence-corrected chi connectivity index (χ1v) is 7.79. The largest absolute Gasteiger partial charge is 0.467 e. The molecular formula is C19H18N2O3. The summed E-state index contributed by atoms with van der Waals surface area (Å²) in [5.41, 5.74) is 1.32. The van der Waals surface area contributed by atoms with E-state index < -0.39 is 0 Å². The molecule has 1 aromatic carbocycles. The third-order valence-corrected chi connectivity index (χ3v) is 3.82. The van der Waals surface area contributed by atoms with Gasteiger partial charge in [0, 0.05) is 12.2 Å². The first kappa shape index (κ1) is 15.8. The van der Waals surface area contributed by atoms with Crippen LogP contribution in [0.15, 0.2) is 70.1 Å². The van der Waals surface area contributed by atoms with E-state index >= 15 is 0 Å². The van der Waals surface area contributed by atoms with Crippen LogP contribution in [0.2, 0.25) is 0 Å². The molecule has 3 rings (SSSR count). The SMILES string of the molecule is CCN(Cc1ccco1)C(=O)c1ccc(-c2ccccc2)[nH]c1=O. The zero-order chi connectivity index (χ0) is 16.9. The highest BCUT2D eigenvalue weighted by atomic mass is 16.3. The molecule has 0 aliphatic rings. The average Bonchev–Trinajstić information content (AvgIpc) is 3.13. The lowest BCUT2D eigenvalue weighted by Crippen LogP contribution is -2.34. The lowest BCUT2D eigenvalue weighted by molar-refractivity contribution is 0.0739. The Labute approximate surface area is 139 Å². The minimum Gasteiger partial charge on any atom is -0.467 e. The molecule has 1 N–H and O–H groups in total. The van der Waals surface area contributed by atoms with Gasteiger partial charge in [-0.3, -0.25) is 9.59 Å². The third-order valence-electron chi connectivity index (χ3n) is 3.82. The van der Waals surface area contributed by atoms with Crippen molar-refractivity contribution in [1.82, 2.24) is 9.88 Å². The molecule has 122 valence electrons. The number of hydrogen-bond donors (Lipinski definition) is 1. The number of H-pyrrole nitrogens is 1. The van der Waals surface area contributed by atoms with Gasteiger partial charge in [-0.2, -0.15) is 0 Å². The van der Waals surface area contributed by atoms with E-state index in [1.807, 2.05) is 37.3 Å². The predicted molar refractivity (Wildman–Crippen MR) is 91.6 cm³/mol. The van der Waals surface area contributed by atoms with Gasteiger partial charge in [-0.15, -0.1) is 0 Å². The van der Waals surface area contributed by atoms with E-state index in [9.17, 15) is 9.59 Å². The third kappa shape index (κ3) is 3.30. The van der Waals surface area contributed by atoms with Gasteiger partial charge in [0.2, 0.25) is 0 Å². The summed E-state index contributed by atoms with van der Waals surface area (Å²) in [4.78, 5) is 29.3. The highest BCUT2D eigenvalue weighted by Gasteiger charge is 2.19. The van der Waals surface area contributed by atoms with E-state index in [1.54, 1.807) is 35.4 Å². The fourth-order valence-electron chi connectivity index (χ4n) is 2.52. The maximum Gasteiger partial charge on any atom is 0.261 e. The fourth-order valence-corrected chi connectivity index (χ4v) is 2.52. The van der Waals surface area contributed by atoms with Crippen molar-refractivity contribution in [2.75, 3.05) is 6.54 Å². The normalized spacial score (nSPS) is 10.5. The average molecular weight is 322 g/mol. The van der Waals surface area contributed by atoms with Crippen molar-refractivity contribution >= 4 is 5.91 Å². The van der Waals surface area contributed by atoms with E-state index in [2.05, 4.69) is 4.98 Å². The zero-order valence-electron chi connectivity index (χ0n) is 13.4. The molecule has 0 saturated heterocycles. The van der Waals surface area contributed by atoms with Crippen LogP contribution in [0.5, 0.6) is 0 Å². The van der Waals surface area contributed by atoms with Crippen molar-refractivity contribution in [3.8, 4) is 11.3 Å². The molecule has 0 spiro atoms. The summed E-state index contributed by atoms with van der Waals surface area (Å²) in [5.74, 6) is 0.372. The molecule has 0 saturated carbocycles. The number of carbonyl (C=O) groups is 1. The van der Waals surface area contributed by atoms with Gasteiger partial charge in [-0.1, -0.05) is 30.3 Å². The second-order valence-electron chi connectivity index (χ2n) is 5.38. The fraction of sp³-hybridized carbons (Fsp3) is 0.158. The van der Waals surface area contributed by atoms with Crippen LogP contribution in [0.3, 0.4) is 0 Å². The van der Waals surface area contributed by atoms with Crippen molar-refractivity contribution in [1.29, 1.82) is 0 Å². The smallest absolute Gasteiger partial charge is 0.261 e. The van der Waals surface area contributed by atoms with Gasteiger partial charge in [-0.05, 0) is 36.8 Å². The number of furan rings is 1. The van der Waals surface area contributed by atoms with Gasteiger partial charge in [0.1, 0.15) is 11.3 Å². The Morgan fingerprint density at radius 1 is 1.08 bits per heavy atom. The number of rotatable bonds is 5. The second kappa shape index (κ2) is 7.00. The van der Waals surface area contributed by atoms with Crippen molar-refractivity contribution in [3.05, 3.63) is 82.5 Å². The monoisotopic (exact) mass is 322 g/mol. The Bertz CT molecular complexity index is 867. The number of nitrogens with zero attached hydrogens (tertiary/aromatic N) is 1. The van der Waals surface area contributed by atoms with Gasteiger partial charge < -0.3 is 14.3 Å². The summed E-state index contributed by atoms with van der Waals surface area (Å²) in [6.45, 7) is 2.69. The van der Waals surface area contributed by atoms with Crippen LogP contribution in [0.4, 0.5) is 0 Å². The van der Waals surface area contributed by atoms with Crippen molar-refractivity contribution in [2.24, 2.45) is 0 Å². The molecule has 2 aromatic heterocycles. The predicted octanol–water partition coefficient (Wildman–Crippen LogP) is 3.30. The maximum absolute atomic E-state index is 12.6. The molecule has 5 heteroatoms. The van der Waals surface area contributed by atoms with E-state index in [-0.39, 0.29) is 17.0 Å². The van der Waals surface area contributed by atoms with Crippen LogP contribution in [0.25, 0.3) is 11.3 Å². The number of aromatic amines is 1. The second-order valence-corrected chi connectivity index (χ2v) is 5.38. The molecule has 0 fully saturated rings. The van der Waals surface area contributed by atoms with Crippen LogP contribution in [0, 0.1) is 0 Å². The number of pyridine rings is 1. The van der Waals surface area contributed by atoms with E-state index in [1.165, 1.54) is 0 Å². The van der Waals surface area contributed by atoms with E-state index in [4.69, 9.17) is 4.42 Å². The Hall–Kier alpha value is -3.08. The number of amides is 1. The van der Waals surface area contributed by atoms with Crippen LogP contribution in [0.1, 0.15) is 23.0 Å². The van der Waals surface area contributed by atoms with Gasteiger partial charge >= 0.3 is 0 Å². The van der Waals surface area contributed by atoms with Gasteiger partial charge in [-0.25, -0.2) is 0 Å². The van der Waals surface area contributed by atoms with Crippen LogP contribution >= 0.6 is 0 Å². The number of carbonyl (C=O) groups excluding carboxylic acids is 1. The topological polar surface area (TPSA) is 66.3 Å². The van der Waals surface area contributed by atoms with E-state index in [0.717, 1.165) is 5.56 Å². The highest BCUT2D eigenvalue weighted by Crippen LogP contribution is 2.15.